The Labute approximate surface area is 74.8 Å². The Morgan fingerprint density at radius 3 is 1.92 bits per heavy atom. The van der Waals surface area contributed by atoms with E-state index in [0.29, 0.717) is 6.54 Å². The number of nitrogens with zero attached hydrogens (tertiary/aromatic N) is 1. The van der Waals surface area contributed by atoms with Crippen LogP contribution >= 0.6 is 0 Å². The molecule has 1 unspecified atom stereocenters. The van der Waals surface area contributed by atoms with Crippen molar-refractivity contribution in [2.24, 2.45) is 5.92 Å². The Morgan fingerprint density at radius 2 is 1.67 bits per heavy atom. The van der Waals surface area contributed by atoms with Crippen LogP contribution in [0.2, 0.25) is 0 Å². The maximum Gasteiger partial charge on any atom is 0.242 e. The van der Waals surface area contributed by atoms with Gasteiger partial charge in [-0.1, -0.05) is 27.7 Å². The molecule has 0 aromatic rings. The van der Waals surface area contributed by atoms with Gasteiger partial charge in [0, 0.05) is 12.5 Å². The van der Waals surface area contributed by atoms with Gasteiger partial charge < -0.3 is 4.90 Å². The van der Waals surface area contributed by atoms with E-state index in [1.165, 1.54) is 0 Å². The molecule has 0 fully saturated rings. The van der Waals surface area contributed by atoms with Crippen molar-refractivity contribution in [2.45, 2.75) is 34.1 Å². The topological polar surface area (TPSA) is 3.24 Å². The van der Waals surface area contributed by atoms with Gasteiger partial charge >= 0.3 is 0 Å². The fourth-order valence-electron chi connectivity index (χ4n) is 0.700. The lowest BCUT2D eigenvalue weighted by atomic mass is 10.2. The number of halogens is 2. The first-order valence-electron chi connectivity index (χ1n) is 4.54. The standard InChI is InChI=1S/C7H15F2N.C2H6/c1-4-10(3)5-6(2)7(8)9;1-2/h6-7H,4-5H2,1-3H3;1-2H3. The van der Waals surface area contributed by atoms with E-state index in [-0.39, 0.29) is 0 Å². The van der Waals surface area contributed by atoms with Crippen LogP contribution in [0.25, 0.3) is 0 Å². The van der Waals surface area contributed by atoms with Crippen molar-refractivity contribution >= 4 is 0 Å². The van der Waals surface area contributed by atoms with Gasteiger partial charge in [-0.25, -0.2) is 8.78 Å². The third kappa shape index (κ3) is 7.92. The Kier molecular flexibility index (Phi) is 10.7. The summed E-state index contributed by atoms with van der Waals surface area (Å²) in [6.07, 6.45) is -2.19. The Morgan fingerprint density at radius 1 is 1.25 bits per heavy atom. The smallest absolute Gasteiger partial charge is 0.242 e. The van der Waals surface area contributed by atoms with E-state index in [1.54, 1.807) is 6.92 Å². The molecule has 3 heteroatoms. The highest BCUT2D eigenvalue weighted by Gasteiger charge is 2.15. The summed E-state index contributed by atoms with van der Waals surface area (Å²) in [6.45, 7) is 8.83. The summed E-state index contributed by atoms with van der Waals surface area (Å²) < 4.78 is 23.8. The molecule has 0 aromatic heterocycles. The first kappa shape index (κ1) is 14.3. The van der Waals surface area contributed by atoms with Crippen molar-refractivity contribution in [1.29, 1.82) is 0 Å². The predicted molar refractivity (Wildman–Crippen MR) is 49.7 cm³/mol. The molecule has 76 valence electrons. The van der Waals surface area contributed by atoms with Gasteiger partial charge in [0.15, 0.2) is 0 Å². The molecule has 0 aliphatic rings. The van der Waals surface area contributed by atoms with Gasteiger partial charge in [-0.3, -0.25) is 0 Å². The van der Waals surface area contributed by atoms with E-state index in [1.807, 2.05) is 32.7 Å². The molecule has 0 heterocycles. The van der Waals surface area contributed by atoms with Gasteiger partial charge in [-0.2, -0.15) is 0 Å². The number of hydrogen-bond donors (Lipinski definition) is 0. The second-order valence-corrected chi connectivity index (χ2v) is 2.67. The van der Waals surface area contributed by atoms with Crippen molar-refractivity contribution in [3.63, 3.8) is 0 Å². The Hall–Kier alpha value is -0.180. The third-order valence-electron chi connectivity index (χ3n) is 1.57. The highest BCUT2D eigenvalue weighted by molar-refractivity contribution is 4.58. The molecule has 0 radical (unpaired) electrons. The minimum absolute atomic E-state index is 0.480. The van der Waals surface area contributed by atoms with E-state index < -0.39 is 12.3 Å². The van der Waals surface area contributed by atoms with Gasteiger partial charge in [0.25, 0.3) is 0 Å². The number of hydrogen-bond acceptors (Lipinski definition) is 1. The zero-order valence-corrected chi connectivity index (χ0v) is 8.77. The van der Waals surface area contributed by atoms with Crippen LogP contribution in [-0.2, 0) is 0 Å². The van der Waals surface area contributed by atoms with Crippen LogP contribution in [0.1, 0.15) is 27.7 Å². The first-order chi connectivity index (χ1) is 5.57. The lowest BCUT2D eigenvalue weighted by molar-refractivity contribution is 0.0683. The predicted octanol–water partition coefficient (Wildman–Crippen LogP) is 2.87. The highest BCUT2D eigenvalue weighted by atomic mass is 19.3. The maximum absolute atomic E-state index is 11.9. The van der Waals surface area contributed by atoms with Crippen LogP contribution in [0.4, 0.5) is 8.78 Å². The molecule has 0 saturated carbocycles. The van der Waals surface area contributed by atoms with Crippen LogP contribution in [0.3, 0.4) is 0 Å². The second-order valence-electron chi connectivity index (χ2n) is 2.67. The van der Waals surface area contributed by atoms with E-state index >= 15 is 0 Å². The summed E-state index contributed by atoms with van der Waals surface area (Å²) in [5.74, 6) is -0.509. The molecule has 0 aliphatic heterocycles. The summed E-state index contributed by atoms with van der Waals surface area (Å²) in [6, 6.07) is 0. The average molecular weight is 181 g/mol. The minimum atomic E-state index is -2.19. The number of alkyl halides is 2. The summed E-state index contributed by atoms with van der Waals surface area (Å²) in [4.78, 5) is 1.89. The van der Waals surface area contributed by atoms with Crippen LogP contribution in [0, 0.1) is 5.92 Å². The van der Waals surface area contributed by atoms with Crippen LogP contribution < -0.4 is 0 Å². The van der Waals surface area contributed by atoms with Gasteiger partial charge in [-0.05, 0) is 13.6 Å². The molecule has 0 saturated heterocycles. The van der Waals surface area contributed by atoms with E-state index in [9.17, 15) is 8.78 Å². The molecule has 0 N–H and O–H groups in total. The molecule has 0 aromatic carbocycles. The molecular formula is C9H21F2N. The van der Waals surface area contributed by atoms with Crippen LogP contribution in [-0.4, -0.2) is 31.5 Å². The lowest BCUT2D eigenvalue weighted by Crippen LogP contribution is -2.27. The molecule has 0 aliphatic carbocycles. The van der Waals surface area contributed by atoms with Crippen molar-refractivity contribution in [2.75, 3.05) is 20.1 Å². The van der Waals surface area contributed by atoms with Crippen molar-refractivity contribution in [3.05, 3.63) is 0 Å². The average Bonchev–Trinajstić information content (AvgIpc) is 2.07. The molecule has 1 atom stereocenters. The summed E-state index contributed by atoms with van der Waals surface area (Å²) in [7, 11) is 1.85. The van der Waals surface area contributed by atoms with E-state index in [2.05, 4.69) is 0 Å². The zero-order valence-electron chi connectivity index (χ0n) is 8.77. The number of rotatable bonds is 4. The first-order valence-corrected chi connectivity index (χ1v) is 4.54. The molecule has 0 bridgehead atoms. The zero-order chi connectivity index (χ0) is 10.1. The van der Waals surface area contributed by atoms with E-state index in [4.69, 9.17) is 0 Å². The van der Waals surface area contributed by atoms with Gasteiger partial charge in [0.1, 0.15) is 0 Å². The maximum atomic E-state index is 11.9. The van der Waals surface area contributed by atoms with Crippen molar-refractivity contribution < 1.29 is 8.78 Å². The second kappa shape index (κ2) is 8.91. The summed E-state index contributed by atoms with van der Waals surface area (Å²) in [5, 5.41) is 0. The normalized spacial score (nSPS) is 12.8. The lowest BCUT2D eigenvalue weighted by Gasteiger charge is -2.18. The highest BCUT2D eigenvalue weighted by Crippen LogP contribution is 2.09. The van der Waals surface area contributed by atoms with Gasteiger partial charge in [0.2, 0.25) is 6.43 Å². The molecule has 12 heavy (non-hydrogen) atoms. The fraction of sp³-hybridized carbons (Fsp3) is 1.00. The van der Waals surface area contributed by atoms with Crippen molar-refractivity contribution in [1.82, 2.24) is 4.90 Å². The van der Waals surface area contributed by atoms with Gasteiger partial charge in [0.05, 0.1) is 0 Å². The van der Waals surface area contributed by atoms with E-state index in [0.717, 1.165) is 6.54 Å². The molecule has 0 spiro atoms. The summed E-state index contributed by atoms with van der Waals surface area (Å²) in [5.41, 5.74) is 0. The monoisotopic (exact) mass is 181 g/mol. The molecule has 1 nitrogen and oxygen atoms in total. The third-order valence-corrected chi connectivity index (χ3v) is 1.57. The fourth-order valence-corrected chi connectivity index (χ4v) is 0.700. The molecule has 0 rings (SSSR count). The largest absolute Gasteiger partial charge is 0.306 e. The van der Waals surface area contributed by atoms with Crippen molar-refractivity contribution in [3.8, 4) is 0 Å². The van der Waals surface area contributed by atoms with Gasteiger partial charge in [-0.15, -0.1) is 0 Å². The van der Waals surface area contributed by atoms with Crippen LogP contribution in [0.15, 0.2) is 0 Å². The summed E-state index contributed by atoms with van der Waals surface area (Å²) >= 11 is 0. The Balaban J connectivity index is 0. The molecular weight excluding hydrogens is 160 g/mol. The Bertz CT molecular complexity index is 86.6. The molecule has 0 amide bonds. The quantitative estimate of drug-likeness (QED) is 0.644. The van der Waals surface area contributed by atoms with Crippen LogP contribution in [0.5, 0.6) is 0 Å². The minimum Gasteiger partial charge on any atom is -0.306 e. The SMILES string of the molecule is CC.CCN(C)CC(C)C(F)F.